The van der Waals surface area contributed by atoms with Gasteiger partial charge in [0.25, 0.3) is 0 Å². The van der Waals surface area contributed by atoms with Crippen LogP contribution in [0.1, 0.15) is 43.9 Å². The first-order chi connectivity index (χ1) is 8.83. The van der Waals surface area contributed by atoms with E-state index in [4.69, 9.17) is 4.74 Å². The third kappa shape index (κ3) is 5.62. The predicted molar refractivity (Wildman–Crippen MR) is 79.7 cm³/mol. The van der Waals surface area contributed by atoms with Gasteiger partial charge in [-0.3, -0.25) is 0 Å². The molecule has 3 nitrogen and oxygen atoms in total. The molecule has 19 heavy (non-hydrogen) atoms. The molecule has 0 saturated heterocycles. The Balaban J connectivity index is 2.74. The summed E-state index contributed by atoms with van der Waals surface area (Å²) in [6.45, 7) is 12.0. The van der Waals surface area contributed by atoms with Gasteiger partial charge in [-0.05, 0) is 57.4 Å². The average Bonchev–Trinajstić information content (AvgIpc) is 2.26. The molecule has 0 unspecified atom stereocenters. The highest BCUT2D eigenvalue weighted by Crippen LogP contribution is 2.25. The molecule has 0 aliphatic heterocycles. The predicted octanol–water partition coefficient (Wildman–Crippen LogP) is 2.95. The van der Waals surface area contributed by atoms with Gasteiger partial charge in [-0.15, -0.1) is 0 Å². The normalized spacial score (nSPS) is 11.7. The highest BCUT2D eigenvalue weighted by Gasteiger charge is 2.15. The summed E-state index contributed by atoms with van der Waals surface area (Å²) in [4.78, 5) is 0. The summed E-state index contributed by atoms with van der Waals surface area (Å²) in [5, 5.41) is 13.1. The van der Waals surface area contributed by atoms with Crippen LogP contribution in [0.15, 0.2) is 12.1 Å². The Bertz CT molecular complexity index is 385. The molecule has 0 amide bonds. The lowest BCUT2D eigenvalue weighted by Crippen LogP contribution is -2.28. The molecule has 0 bridgehead atoms. The molecule has 0 fully saturated rings. The van der Waals surface area contributed by atoms with Gasteiger partial charge in [0, 0.05) is 6.54 Å². The lowest BCUT2D eigenvalue weighted by Gasteiger charge is -2.20. The van der Waals surface area contributed by atoms with Gasteiger partial charge in [-0.1, -0.05) is 19.1 Å². The number of rotatable bonds is 7. The minimum absolute atomic E-state index is 0.308. The Labute approximate surface area is 117 Å². The molecular weight excluding hydrogens is 238 g/mol. The summed E-state index contributed by atoms with van der Waals surface area (Å²) in [6, 6.07) is 4.30. The molecule has 0 aliphatic rings. The maximum atomic E-state index is 9.72. The number of benzene rings is 1. The molecule has 3 heteroatoms. The number of nitrogens with one attached hydrogen (secondary N) is 1. The van der Waals surface area contributed by atoms with E-state index >= 15 is 0 Å². The molecule has 0 saturated carbocycles. The Morgan fingerprint density at radius 2 is 1.79 bits per heavy atom. The summed E-state index contributed by atoms with van der Waals surface area (Å²) in [6.07, 6.45) is 1.14. The minimum atomic E-state index is -0.805. The largest absolute Gasteiger partial charge is 0.490 e. The van der Waals surface area contributed by atoms with Gasteiger partial charge in [0.05, 0.1) is 5.60 Å². The Hall–Kier alpha value is -1.06. The number of hydrogen-bond acceptors (Lipinski definition) is 3. The van der Waals surface area contributed by atoms with Crippen LogP contribution in [0, 0.1) is 13.8 Å². The van der Waals surface area contributed by atoms with E-state index in [1.165, 1.54) is 5.56 Å². The first-order valence-electron chi connectivity index (χ1n) is 6.99. The van der Waals surface area contributed by atoms with E-state index < -0.39 is 5.60 Å². The summed E-state index contributed by atoms with van der Waals surface area (Å²) in [5.74, 6) is 0.890. The minimum Gasteiger partial charge on any atom is -0.490 e. The van der Waals surface area contributed by atoms with Gasteiger partial charge >= 0.3 is 0 Å². The van der Waals surface area contributed by atoms with Crippen LogP contribution >= 0.6 is 0 Å². The maximum absolute atomic E-state index is 9.72. The molecule has 0 aliphatic carbocycles. The summed E-state index contributed by atoms with van der Waals surface area (Å²) >= 11 is 0. The van der Waals surface area contributed by atoms with Crippen molar-refractivity contribution in [2.24, 2.45) is 0 Å². The average molecular weight is 265 g/mol. The zero-order valence-corrected chi connectivity index (χ0v) is 12.8. The molecule has 0 atom stereocenters. The quantitative estimate of drug-likeness (QED) is 0.745. The third-order valence-electron chi connectivity index (χ3n) is 2.85. The van der Waals surface area contributed by atoms with Crippen molar-refractivity contribution in [1.82, 2.24) is 5.32 Å². The smallest absolute Gasteiger partial charge is 0.125 e. The van der Waals surface area contributed by atoms with Gasteiger partial charge in [0.15, 0.2) is 0 Å². The first kappa shape index (κ1) is 16.0. The Morgan fingerprint density at radius 1 is 1.21 bits per heavy atom. The van der Waals surface area contributed by atoms with Crippen LogP contribution in [-0.2, 0) is 6.54 Å². The van der Waals surface area contributed by atoms with Crippen LogP contribution in [0.2, 0.25) is 0 Å². The van der Waals surface area contributed by atoms with E-state index in [2.05, 4.69) is 38.2 Å². The number of aliphatic hydroxyl groups is 1. The second kappa shape index (κ2) is 6.92. The molecule has 1 aromatic carbocycles. The molecule has 108 valence electrons. The Kier molecular flexibility index (Phi) is 5.83. The van der Waals surface area contributed by atoms with Crippen LogP contribution < -0.4 is 10.1 Å². The van der Waals surface area contributed by atoms with E-state index in [0.717, 1.165) is 36.4 Å². The summed E-state index contributed by atoms with van der Waals surface area (Å²) in [5.41, 5.74) is 2.72. The molecule has 0 aromatic heterocycles. The number of hydrogen-bond donors (Lipinski definition) is 2. The standard InChI is InChI=1S/C16H27NO2/c1-6-7-17-10-14-8-12(2)15(13(3)9-14)19-11-16(4,5)18/h8-9,17-18H,6-7,10-11H2,1-5H3. The Morgan fingerprint density at radius 3 is 2.26 bits per heavy atom. The van der Waals surface area contributed by atoms with Crippen molar-refractivity contribution in [3.63, 3.8) is 0 Å². The van der Waals surface area contributed by atoms with Crippen molar-refractivity contribution in [2.45, 2.75) is 53.2 Å². The molecule has 1 rings (SSSR count). The molecule has 0 radical (unpaired) electrons. The maximum Gasteiger partial charge on any atom is 0.125 e. The third-order valence-corrected chi connectivity index (χ3v) is 2.85. The monoisotopic (exact) mass is 265 g/mol. The fourth-order valence-electron chi connectivity index (χ4n) is 2.03. The van der Waals surface area contributed by atoms with Gasteiger partial charge in [0.1, 0.15) is 12.4 Å². The van der Waals surface area contributed by atoms with E-state index in [1.54, 1.807) is 13.8 Å². The zero-order chi connectivity index (χ0) is 14.5. The van der Waals surface area contributed by atoms with Gasteiger partial charge < -0.3 is 15.2 Å². The highest BCUT2D eigenvalue weighted by atomic mass is 16.5. The van der Waals surface area contributed by atoms with Crippen LogP contribution in [0.25, 0.3) is 0 Å². The van der Waals surface area contributed by atoms with Crippen LogP contribution in [0.4, 0.5) is 0 Å². The van der Waals surface area contributed by atoms with Gasteiger partial charge in [0.2, 0.25) is 0 Å². The topological polar surface area (TPSA) is 41.5 Å². The van der Waals surface area contributed by atoms with Crippen molar-refractivity contribution in [3.05, 3.63) is 28.8 Å². The van der Waals surface area contributed by atoms with Gasteiger partial charge in [-0.2, -0.15) is 0 Å². The molecule has 0 heterocycles. The fraction of sp³-hybridized carbons (Fsp3) is 0.625. The van der Waals surface area contributed by atoms with Gasteiger partial charge in [-0.25, -0.2) is 0 Å². The van der Waals surface area contributed by atoms with Crippen LogP contribution in [0.5, 0.6) is 5.75 Å². The van der Waals surface area contributed by atoms with E-state index in [1.807, 2.05) is 0 Å². The lowest BCUT2D eigenvalue weighted by atomic mass is 10.1. The second-order valence-electron chi connectivity index (χ2n) is 5.84. The van der Waals surface area contributed by atoms with E-state index in [0.29, 0.717) is 6.61 Å². The molecule has 0 spiro atoms. The van der Waals surface area contributed by atoms with Crippen molar-refractivity contribution < 1.29 is 9.84 Å². The van der Waals surface area contributed by atoms with Crippen LogP contribution in [-0.4, -0.2) is 23.9 Å². The lowest BCUT2D eigenvalue weighted by molar-refractivity contribution is 0.0280. The van der Waals surface area contributed by atoms with E-state index in [9.17, 15) is 5.11 Å². The molecule has 1 aromatic rings. The van der Waals surface area contributed by atoms with Crippen LogP contribution in [0.3, 0.4) is 0 Å². The van der Waals surface area contributed by atoms with Crippen molar-refractivity contribution >= 4 is 0 Å². The van der Waals surface area contributed by atoms with Crippen molar-refractivity contribution in [2.75, 3.05) is 13.2 Å². The second-order valence-corrected chi connectivity index (χ2v) is 5.84. The summed E-state index contributed by atoms with van der Waals surface area (Å²) in [7, 11) is 0. The highest BCUT2D eigenvalue weighted by molar-refractivity contribution is 5.43. The van der Waals surface area contributed by atoms with E-state index in [-0.39, 0.29) is 0 Å². The summed E-state index contributed by atoms with van der Waals surface area (Å²) < 4.78 is 5.74. The molecule has 2 N–H and O–H groups in total. The fourth-order valence-corrected chi connectivity index (χ4v) is 2.03. The number of aryl methyl sites for hydroxylation is 2. The SMILES string of the molecule is CCCNCc1cc(C)c(OCC(C)(C)O)c(C)c1. The van der Waals surface area contributed by atoms with Crippen molar-refractivity contribution in [1.29, 1.82) is 0 Å². The molecular formula is C16H27NO2. The van der Waals surface area contributed by atoms with Crippen molar-refractivity contribution in [3.8, 4) is 5.75 Å². The number of ether oxygens (including phenoxy) is 1. The first-order valence-corrected chi connectivity index (χ1v) is 6.99. The zero-order valence-electron chi connectivity index (χ0n) is 12.8.